The van der Waals surface area contributed by atoms with Gasteiger partial charge in [0.2, 0.25) is 0 Å². The lowest BCUT2D eigenvalue weighted by molar-refractivity contribution is -0.224. The Hall–Kier alpha value is -0.340. The van der Waals surface area contributed by atoms with E-state index in [2.05, 4.69) is 61.5 Å². The van der Waals surface area contributed by atoms with E-state index >= 15 is 0 Å². The molecule has 5 aliphatic carbocycles. The second kappa shape index (κ2) is 6.66. The van der Waals surface area contributed by atoms with E-state index in [9.17, 15) is 10.2 Å². The summed E-state index contributed by atoms with van der Waals surface area (Å²) in [7, 11) is 0. The van der Waals surface area contributed by atoms with Crippen LogP contribution in [0.1, 0.15) is 113 Å². The van der Waals surface area contributed by atoms with Crippen LogP contribution in [0.4, 0.5) is 0 Å². The van der Waals surface area contributed by atoms with Crippen molar-refractivity contribution in [2.24, 2.45) is 50.2 Å². The second-order valence-electron chi connectivity index (χ2n) is 15.4. The van der Waals surface area contributed by atoms with E-state index in [-0.39, 0.29) is 39.8 Å². The quantitative estimate of drug-likeness (QED) is 0.391. The van der Waals surface area contributed by atoms with Crippen LogP contribution in [0.3, 0.4) is 0 Å². The van der Waals surface area contributed by atoms with E-state index < -0.39 is 0 Å². The third-order valence-electron chi connectivity index (χ3n) is 13.0. The van der Waals surface area contributed by atoms with Crippen LogP contribution in [0, 0.1) is 50.2 Å². The second-order valence-corrected chi connectivity index (χ2v) is 15.4. The maximum atomic E-state index is 11.9. The maximum absolute atomic E-state index is 11.9. The summed E-state index contributed by atoms with van der Waals surface area (Å²) >= 11 is 0. The van der Waals surface area contributed by atoms with Crippen molar-refractivity contribution in [3.05, 3.63) is 11.6 Å². The Morgan fingerprint density at radius 2 is 1.44 bits per heavy atom. The summed E-state index contributed by atoms with van der Waals surface area (Å²) in [6.07, 6.45) is 12.7. The number of hydrogen-bond acceptors (Lipinski definition) is 2. The number of aliphatic hydroxyl groups excluding tert-OH is 2. The first-order valence-corrected chi connectivity index (χ1v) is 13.7. The maximum Gasteiger partial charge on any atom is 0.0762 e. The minimum absolute atomic E-state index is 0.0719. The van der Waals surface area contributed by atoms with E-state index in [0.717, 1.165) is 12.8 Å². The summed E-state index contributed by atoms with van der Waals surface area (Å²) in [6, 6.07) is 0. The summed E-state index contributed by atoms with van der Waals surface area (Å²) < 4.78 is 0. The molecule has 182 valence electrons. The van der Waals surface area contributed by atoms with Crippen LogP contribution < -0.4 is 0 Å². The lowest BCUT2D eigenvalue weighted by Gasteiger charge is -2.72. The van der Waals surface area contributed by atoms with E-state index in [4.69, 9.17) is 0 Å². The largest absolute Gasteiger partial charge is 0.393 e. The van der Waals surface area contributed by atoms with Gasteiger partial charge in [-0.25, -0.2) is 0 Å². The predicted molar refractivity (Wildman–Crippen MR) is 132 cm³/mol. The summed E-state index contributed by atoms with van der Waals surface area (Å²) in [5, 5.41) is 22.8. The third-order valence-corrected chi connectivity index (χ3v) is 13.0. The molecule has 4 saturated carbocycles. The molecule has 0 saturated heterocycles. The molecule has 2 nitrogen and oxygen atoms in total. The fraction of sp³-hybridized carbons (Fsp3) is 0.933. The van der Waals surface area contributed by atoms with E-state index in [0.29, 0.717) is 22.7 Å². The average molecular weight is 443 g/mol. The van der Waals surface area contributed by atoms with Crippen LogP contribution in [-0.2, 0) is 0 Å². The summed E-state index contributed by atoms with van der Waals surface area (Å²) in [5.74, 6) is 1.38. The Kier molecular flexibility index (Phi) is 4.87. The Morgan fingerprint density at radius 3 is 2.12 bits per heavy atom. The van der Waals surface area contributed by atoms with Crippen molar-refractivity contribution in [2.75, 3.05) is 0 Å². The highest BCUT2D eigenvalue weighted by Crippen LogP contribution is 2.75. The molecule has 32 heavy (non-hydrogen) atoms. The molecule has 5 aliphatic rings. The molecular weight excluding hydrogens is 392 g/mol. The van der Waals surface area contributed by atoms with Gasteiger partial charge in [-0.1, -0.05) is 67.0 Å². The van der Waals surface area contributed by atoms with Gasteiger partial charge in [-0.15, -0.1) is 0 Å². The molecule has 4 fully saturated rings. The monoisotopic (exact) mass is 442 g/mol. The van der Waals surface area contributed by atoms with Crippen molar-refractivity contribution in [3.63, 3.8) is 0 Å². The zero-order valence-electron chi connectivity index (χ0n) is 22.2. The molecule has 0 aromatic carbocycles. The van der Waals surface area contributed by atoms with Crippen LogP contribution in [0.5, 0.6) is 0 Å². The molecule has 9 atom stereocenters. The molecule has 2 heteroatoms. The first-order valence-electron chi connectivity index (χ1n) is 13.7. The predicted octanol–water partition coefficient (Wildman–Crippen LogP) is 7.14. The SMILES string of the molecule is CC1(C)CC[C@]2(C)CC[C@]3(C)C(=C[C@H](O)[C@@H]4[C@@]5(C)CC[C@@H](O)C(C)(C)[C@@H]5CC[C@]43C)[C@H]2C1. The first kappa shape index (κ1) is 23.4. The fourth-order valence-corrected chi connectivity index (χ4v) is 10.6. The molecule has 0 heterocycles. The van der Waals surface area contributed by atoms with Crippen LogP contribution in [0.2, 0.25) is 0 Å². The molecule has 0 spiro atoms. The average Bonchev–Trinajstić information content (AvgIpc) is 2.68. The number of hydrogen-bond donors (Lipinski definition) is 2. The van der Waals surface area contributed by atoms with E-state index in [1.54, 1.807) is 5.57 Å². The highest BCUT2D eigenvalue weighted by molar-refractivity contribution is 5.35. The Morgan fingerprint density at radius 1 is 0.781 bits per heavy atom. The van der Waals surface area contributed by atoms with Gasteiger partial charge in [-0.3, -0.25) is 0 Å². The van der Waals surface area contributed by atoms with Gasteiger partial charge in [0.05, 0.1) is 12.2 Å². The molecule has 5 rings (SSSR count). The number of rotatable bonds is 0. The van der Waals surface area contributed by atoms with Gasteiger partial charge in [0.1, 0.15) is 0 Å². The molecule has 0 unspecified atom stereocenters. The van der Waals surface area contributed by atoms with Gasteiger partial charge in [0.25, 0.3) is 0 Å². The Balaban J connectivity index is 1.62. The van der Waals surface area contributed by atoms with Crippen molar-refractivity contribution >= 4 is 0 Å². The smallest absolute Gasteiger partial charge is 0.0762 e. The lowest BCUT2D eigenvalue weighted by Crippen LogP contribution is -2.67. The van der Waals surface area contributed by atoms with Crippen molar-refractivity contribution in [1.29, 1.82) is 0 Å². The molecule has 0 aromatic heterocycles. The molecule has 0 radical (unpaired) electrons. The van der Waals surface area contributed by atoms with Crippen LogP contribution >= 0.6 is 0 Å². The van der Waals surface area contributed by atoms with Gasteiger partial charge in [0.15, 0.2) is 0 Å². The zero-order valence-corrected chi connectivity index (χ0v) is 22.2. The van der Waals surface area contributed by atoms with Crippen molar-refractivity contribution in [3.8, 4) is 0 Å². The zero-order chi connectivity index (χ0) is 23.5. The number of allylic oxidation sites excluding steroid dienone is 1. The molecule has 2 N–H and O–H groups in total. The van der Waals surface area contributed by atoms with E-state index in [1.807, 2.05) is 0 Å². The molecule has 0 bridgehead atoms. The van der Waals surface area contributed by atoms with Gasteiger partial charge in [0, 0.05) is 5.92 Å². The molecule has 0 aliphatic heterocycles. The third kappa shape index (κ3) is 2.78. The highest BCUT2D eigenvalue weighted by atomic mass is 16.3. The standard InChI is InChI=1S/C30H50O2/c1-25(2)13-14-27(5)15-16-29(7)19(20(27)18-25)17-21(31)24-28(6)11-10-23(32)26(3,4)22(28)9-12-30(24,29)8/h17,20-24,31-32H,9-16,18H2,1-8H3/t20-,21+,22+,23-,24-,27-,28+,29-,30-/m1/s1. The summed E-state index contributed by atoms with van der Waals surface area (Å²) in [5.41, 5.74) is 2.76. The van der Waals surface area contributed by atoms with Gasteiger partial charge < -0.3 is 10.2 Å². The Bertz CT molecular complexity index is 825. The highest BCUT2D eigenvalue weighted by Gasteiger charge is 2.69. The van der Waals surface area contributed by atoms with Gasteiger partial charge in [-0.2, -0.15) is 0 Å². The number of fused-ring (bicyclic) bond motifs is 7. The first-order chi connectivity index (χ1) is 14.6. The lowest BCUT2D eigenvalue weighted by atomic mass is 9.33. The molecule has 0 aromatic rings. The molecular formula is C30H50O2. The van der Waals surface area contributed by atoms with Gasteiger partial charge >= 0.3 is 0 Å². The van der Waals surface area contributed by atoms with Crippen molar-refractivity contribution in [2.45, 2.75) is 125 Å². The van der Waals surface area contributed by atoms with Crippen LogP contribution in [-0.4, -0.2) is 22.4 Å². The number of aliphatic hydroxyl groups is 2. The Labute approximate surface area is 197 Å². The summed E-state index contributed by atoms with van der Waals surface area (Å²) in [4.78, 5) is 0. The topological polar surface area (TPSA) is 40.5 Å². The van der Waals surface area contributed by atoms with Crippen LogP contribution in [0.25, 0.3) is 0 Å². The van der Waals surface area contributed by atoms with Crippen LogP contribution in [0.15, 0.2) is 11.6 Å². The minimum Gasteiger partial charge on any atom is -0.393 e. The van der Waals surface area contributed by atoms with Crippen molar-refractivity contribution < 1.29 is 10.2 Å². The van der Waals surface area contributed by atoms with Crippen molar-refractivity contribution in [1.82, 2.24) is 0 Å². The fourth-order valence-electron chi connectivity index (χ4n) is 10.6. The van der Waals surface area contributed by atoms with Gasteiger partial charge in [-0.05, 0) is 102 Å². The summed E-state index contributed by atoms with van der Waals surface area (Å²) in [6.45, 7) is 19.7. The normalized spacial score (nSPS) is 56.2. The van der Waals surface area contributed by atoms with E-state index in [1.165, 1.54) is 44.9 Å². The minimum atomic E-state index is -0.352. The molecule has 0 amide bonds.